The number of carbonyl (C=O) groups is 2. The molecule has 124 valence electrons. The van der Waals surface area contributed by atoms with Gasteiger partial charge in [-0.15, -0.1) is 13.2 Å². The maximum Gasteiger partial charge on any atom is 0.573 e. The van der Waals surface area contributed by atoms with Gasteiger partial charge in [0.1, 0.15) is 11.2 Å². The van der Waals surface area contributed by atoms with E-state index in [0.717, 1.165) is 0 Å². The maximum absolute atomic E-state index is 12.3. The van der Waals surface area contributed by atoms with E-state index in [1.807, 2.05) is 0 Å². The van der Waals surface area contributed by atoms with Gasteiger partial charge >= 0.3 is 12.3 Å². The average Bonchev–Trinajstić information content (AvgIpc) is 2.76. The van der Waals surface area contributed by atoms with Crippen molar-refractivity contribution in [3.05, 3.63) is 35.4 Å². The van der Waals surface area contributed by atoms with Gasteiger partial charge in [0.15, 0.2) is 5.78 Å². The number of hydrogen-bond donors (Lipinski definition) is 0. The Balaban J connectivity index is 2.17. The van der Waals surface area contributed by atoms with Crippen LogP contribution in [0.5, 0.6) is 5.75 Å². The van der Waals surface area contributed by atoms with Crippen molar-refractivity contribution in [3.8, 4) is 5.75 Å². The molecule has 0 heterocycles. The van der Waals surface area contributed by atoms with Gasteiger partial charge in [-0.3, -0.25) is 9.59 Å². The Labute approximate surface area is 130 Å². The minimum atomic E-state index is -4.75. The second-order valence-corrected chi connectivity index (χ2v) is 5.44. The molecular weight excluding hydrogens is 313 g/mol. The second-order valence-electron chi connectivity index (χ2n) is 5.44. The van der Waals surface area contributed by atoms with Crippen LogP contribution in [-0.4, -0.2) is 25.2 Å². The SMILES string of the molecule is COC(=O)C1(C)CC/C(=C\c2ccc(OC(F)(F)F)cc2)C1=O. The number of esters is 1. The van der Waals surface area contributed by atoms with E-state index < -0.39 is 17.7 Å². The molecule has 7 heteroatoms. The number of allylic oxidation sites excluding steroid dienone is 1. The summed E-state index contributed by atoms with van der Waals surface area (Å²) in [5.74, 6) is -1.24. The molecule has 1 fully saturated rings. The largest absolute Gasteiger partial charge is 0.573 e. The standard InChI is InChI=1S/C16H15F3O4/c1-15(14(21)22-2)8-7-11(13(15)20)9-10-3-5-12(6-4-10)23-16(17,18)19/h3-6,9H,7-8H2,1-2H3/b11-9+. The van der Waals surface area contributed by atoms with Crippen LogP contribution in [0.4, 0.5) is 13.2 Å². The first-order chi connectivity index (χ1) is 10.7. The third kappa shape index (κ3) is 3.72. The molecule has 2 rings (SSSR count). The van der Waals surface area contributed by atoms with Crippen molar-refractivity contribution in [3.63, 3.8) is 0 Å². The molecule has 1 aliphatic carbocycles. The molecule has 1 atom stereocenters. The first-order valence-corrected chi connectivity index (χ1v) is 6.85. The summed E-state index contributed by atoms with van der Waals surface area (Å²) >= 11 is 0. The van der Waals surface area contributed by atoms with E-state index >= 15 is 0 Å². The monoisotopic (exact) mass is 328 g/mol. The number of Topliss-reactive ketones (excluding diaryl/α,β-unsaturated/α-hetero) is 1. The average molecular weight is 328 g/mol. The van der Waals surface area contributed by atoms with E-state index in [1.165, 1.54) is 38.3 Å². The fraction of sp³-hybridized carbons (Fsp3) is 0.375. The van der Waals surface area contributed by atoms with Crippen LogP contribution in [0.2, 0.25) is 0 Å². The molecule has 1 saturated carbocycles. The van der Waals surface area contributed by atoms with Gasteiger partial charge < -0.3 is 9.47 Å². The topological polar surface area (TPSA) is 52.6 Å². The number of methoxy groups -OCH3 is 1. The molecule has 0 saturated heterocycles. The summed E-state index contributed by atoms with van der Waals surface area (Å²) in [4.78, 5) is 24.1. The summed E-state index contributed by atoms with van der Waals surface area (Å²) in [6.07, 6.45) is -2.43. The van der Waals surface area contributed by atoms with Crippen molar-refractivity contribution in [2.75, 3.05) is 7.11 Å². The Hall–Kier alpha value is -2.31. The Kier molecular flexibility index (Phi) is 4.49. The van der Waals surface area contributed by atoms with Gasteiger partial charge in [-0.05, 0) is 49.1 Å². The summed E-state index contributed by atoms with van der Waals surface area (Å²) in [6, 6.07) is 5.15. The first-order valence-electron chi connectivity index (χ1n) is 6.85. The van der Waals surface area contributed by atoms with Crippen molar-refractivity contribution in [2.24, 2.45) is 5.41 Å². The zero-order valence-electron chi connectivity index (χ0n) is 12.6. The number of carbonyl (C=O) groups excluding carboxylic acids is 2. The normalized spacial score (nSPS) is 23.2. The molecule has 0 spiro atoms. The second kappa shape index (κ2) is 6.06. The highest BCUT2D eigenvalue weighted by molar-refractivity contribution is 6.15. The zero-order chi connectivity index (χ0) is 17.3. The van der Waals surface area contributed by atoms with Gasteiger partial charge in [0, 0.05) is 0 Å². The van der Waals surface area contributed by atoms with E-state index in [2.05, 4.69) is 9.47 Å². The molecule has 1 aromatic carbocycles. The van der Waals surface area contributed by atoms with Crippen LogP contribution in [0.25, 0.3) is 6.08 Å². The Morgan fingerprint density at radius 3 is 2.39 bits per heavy atom. The van der Waals surface area contributed by atoms with Crippen molar-refractivity contribution in [2.45, 2.75) is 26.1 Å². The number of ether oxygens (including phenoxy) is 2. The lowest BCUT2D eigenvalue weighted by atomic mass is 9.87. The van der Waals surface area contributed by atoms with Gasteiger partial charge in [-0.25, -0.2) is 0 Å². The number of ketones is 1. The van der Waals surface area contributed by atoms with Gasteiger partial charge in [0.05, 0.1) is 7.11 Å². The summed E-state index contributed by atoms with van der Waals surface area (Å²) in [5.41, 5.74) is -0.195. The molecule has 23 heavy (non-hydrogen) atoms. The molecule has 1 aromatic rings. The minimum absolute atomic E-state index is 0.319. The highest BCUT2D eigenvalue weighted by Gasteiger charge is 2.47. The molecule has 1 unspecified atom stereocenters. The summed E-state index contributed by atoms with van der Waals surface area (Å²) in [5, 5.41) is 0. The van der Waals surface area contributed by atoms with Crippen LogP contribution >= 0.6 is 0 Å². The third-order valence-corrected chi connectivity index (χ3v) is 3.78. The lowest BCUT2D eigenvalue weighted by molar-refractivity contribution is -0.274. The van der Waals surface area contributed by atoms with Gasteiger partial charge in [0.2, 0.25) is 0 Å². The van der Waals surface area contributed by atoms with Gasteiger partial charge in [-0.1, -0.05) is 12.1 Å². The van der Waals surface area contributed by atoms with Crippen LogP contribution < -0.4 is 4.74 Å². The van der Waals surface area contributed by atoms with E-state index in [1.54, 1.807) is 6.08 Å². The molecule has 4 nitrogen and oxygen atoms in total. The van der Waals surface area contributed by atoms with E-state index in [4.69, 9.17) is 0 Å². The molecular formula is C16H15F3O4. The van der Waals surface area contributed by atoms with Gasteiger partial charge in [0.25, 0.3) is 0 Å². The Morgan fingerprint density at radius 1 is 1.26 bits per heavy atom. The lowest BCUT2D eigenvalue weighted by Crippen LogP contribution is -2.33. The van der Waals surface area contributed by atoms with Crippen molar-refractivity contribution >= 4 is 17.8 Å². The predicted octanol–water partition coefficient (Wildman–Crippen LogP) is 3.51. The summed E-state index contributed by atoms with van der Waals surface area (Å²) in [7, 11) is 1.22. The maximum atomic E-state index is 12.3. The molecule has 0 bridgehead atoms. The Morgan fingerprint density at radius 2 is 1.87 bits per heavy atom. The molecule has 1 aliphatic rings. The number of hydrogen-bond acceptors (Lipinski definition) is 4. The van der Waals surface area contributed by atoms with Crippen molar-refractivity contribution in [1.29, 1.82) is 0 Å². The van der Waals surface area contributed by atoms with Crippen LogP contribution in [0.3, 0.4) is 0 Å². The molecule has 0 N–H and O–H groups in total. The summed E-state index contributed by atoms with van der Waals surface area (Å²) in [6.45, 7) is 1.53. The minimum Gasteiger partial charge on any atom is -0.468 e. The van der Waals surface area contributed by atoms with Crippen LogP contribution in [0.1, 0.15) is 25.3 Å². The first kappa shape index (κ1) is 17.1. The Bertz CT molecular complexity index is 646. The van der Waals surface area contributed by atoms with E-state index in [-0.39, 0.29) is 11.5 Å². The number of benzene rings is 1. The number of rotatable bonds is 3. The van der Waals surface area contributed by atoms with Crippen LogP contribution in [0.15, 0.2) is 29.8 Å². The van der Waals surface area contributed by atoms with Crippen molar-refractivity contribution in [1.82, 2.24) is 0 Å². The highest BCUT2D eigenvalue weighted by atomic mass is 19.4. The third-order valence-electron chi connectivity index (χ3n) is 3.78. The summed E-state index contributed by atoms with van der Waals surface area (Å²) < 4.78 is 44.7. The smallest absolute Gasteiger partial charge is 0.468 e. The van der Waals surface area contributed by atoms with Crippen molar-refractivity contribution < 1.29 is 32.2 Å². The number of halogens is 3. The lowest BCUT2D eigenvalue weighted by Gasteiger charge is -2.17. The fourth-order valence-electron chi connectivity index (χ4n) is 2.49. The predicted molar refractivity (Wildman–Crippen MR) is 75.5 cm³/mol. The van der Waals surface area contributed by atoms with E-state index in [0.29, 0.717) is 24.0 Å². The van der Waals surface area contributed by atoms with Crippen LogP contribution in [-0.2, 0) is 14.3 Å². The number of alkyl halides is 3. The quantitative estimate of drug-likeness (QED) is 0.484. The zero-order valence-corrected chi connectivity index (χ0v) is 12.6. The van der Waals surface area contributed by atoms with Gasteiger partial charge in [-0.2, -0.15) is 0 Å². The van der Waals surface area contributed by atoms with Crippen LogP contribution in [0, 0.1) is 5.41 Å². The highest BCUT2D eigenvalue weighted by Crippen LogP contribution is 2.39. The van der Waals surface area contributed by atoms with E-state index in [9.17, 15) is 22.8 Å². The molecule has 0 aliphatic heterocycles. The molecule has 0 amide bonds. The molecule has 0 aromatic heterocycles. The molecule has 0 radical (unpaired) electrons. The fourth-order valence-corrected chi connectivity index (χ4v) is 2.49.